The van der Waals surface area contributed by atoms with Crippen LogP contribution < -0.4 is 0 Å². The molecular weight excluding hydrogens is 320 g/mol. The smallest absolute Gasteiger partial charge is 0.328 e. The maximum absolute atomic E-state index is 13.4. The molecule has 1 amide bonds. The van der Waals surface area contributed by atoms with Crippen LogP contribution in [0.4, 0.5) is 0 Å². The van der Waals surface area contributed by atoms with E-state index in [1.165, 1.54) is 0 Å². The van der Waals surface area contributed by atoms with Crippen molar-refractivity contribution in [3.05, 3.63) is 35.9 Å². The van der Waals surface area contributed by atoms with Crippen molar-refractivity contribution in [2.75, 3.05) is 26.7 Å². The van der Waals surface area contributed by atoms with Crippen molar-refractivity contribution in [1.82, 2.24) is 9.80 Å². The van der Waals surface area contributed by atoms with Crippen molar-refractivity contribution in [2.24, 2.45) is 0 Å². The molecule has 2 aliphatic heterocycles. The van der Waals surface area contributed by atoms with Crippen LogP contribution in [-0.4, -0.2) is 65.3 Å². The van der Waals surface area contributed by atoms with Gasteiger partial charge in [0.25, 0.3) is 0 Å². The van der Waals surface area contributed by atoms with Gasteiger partial charge in [-0.1, -0.05) is 37.3 Å². The Morgan fingerprint density at radius 2 is 1.92 bits per heavy atom. The van der Waals surface area contributed by atoms with Crippen LogP contribution in [-0.2, 0) is 14.3 Å². The van der Waals surface area contributed by atoms with Gasteiger partial charge in [-0.25, -0.2) is 4.79 Å². The highest BCUT2D eigenvalue weighted by Crippen LogP contribution is 2.39. The first-order valence-electron chi connectivity index (χ1n) is 8.92. The molecule has 1 spiro atoms. The number of carbonyl (C=O) groups is 2. The Bertz CT molecular complexity index is 626. The van der Waals surface area contributed by atoms with Crippen LogP contribution in [0.3, 0.4) is 0 Å². The summed E-state index contributed by atoms with van der Waals surface area (Å²) in [4.78, 5) is 28.9. The van der Waals surface area contributed by atoms with Crippen LogP contribution in [0.25, 0.3) is 0 Å². The Balaban J connectivity index is 1.93. The van der Waals surface area contributed by atoms with Crippen LogP contribution in [0.15, 0.2) is 30.3 Å². The monoisotopic (exact) mass is 346 g/mol. The van der Waals surface area contributed by atoms with Crippen molar-refractivity contribution in [3.63, 3.8) is 0 Å². The van der Waals surface area contributed by atoms with Gasteiger partial charge < -0.3 is 14.7 Å². The molecular formula is C19H26N2O4. The minimum atomic E-state index is -0.993. The summed E-state index contributed by atoms with van der Waals surface area (Å²) in [6.07, 6.45) is 1.91. The Morgan fingerprint density at radius 1 is 1.28 bits per heavy atom. The van der Waals surface area contributed by atoms with Gasteiger partial charge in [-0.3, -0.25) is 9.69 Å². The zero-order chi connectivity index (χ0) is 18.0. The first-order valence-corrected chi connectivity index (χ1v) is 8.92. The summed E-state index contributed by atoms with van der Waals surface area (Å²) >= 11 is 0. The maximum atomic E-state index is 13.4. The van der Waals surface area contributed by atoms with E-state index in [1.54, 1.807) is 4.90 Å². The molecule has 25 heavy (non-hydrogen) atoms. The number of carbonyl (C=O) groups excluding carboxylic acids is 1. The van der Waals surface area contributed by atoms with Crippen molar-refractivity contribution in [2.45, 2.75) is 43.9 Å². The highest BCUT2D eigenvalue weighted by molar-refractivity contribution is 5.89. The fourth-order valence-electron chi connectivity index (χ4n) is 3.96. The number of carboxylic acids is 1. The van der Waals surface area contributed by atoms with Gasteiger partial charge in [-0.15, -0.1) is 0 Å². The standard InChI is InChI=1S/C19H26N2O4/c1-3-15(14-7-5-4-6-8-14)17(22)21-16(18(23)24)13-25-19(21)9-11-20(2)12-10-19/h4-8,15-16H,3,9-13H2,1-2H3,(H,23,24)/t15-,16+/m1/s1. The van der Waals surface area contributed by atoms with Gasteiger partial charge >= 0.3 is 5.97 Å². The third kappa shape index (κ3) is 3.28. The van der Waals surface area contributed by atoms with E-state index in [9.17, 15) is 14.7 Å². The lowest BCUT2D eigenvalue weighted by molar-refractivity contribution is -0.166. The molecule has 0 radical (unpaired) electrons. The van der Waals surface area contributed by atoms with Gasteiger partial charge in [0.2, 0.25) is 5.91 Å². The lowest BCUT2D eigenvalue weighted by Crippen LogP contribution is -2.58. The summed E-state index contributed by atoms with van der Waals surface area (Å²) < 4.78 is 5.97. The number of likely N-dealkylation sites (tertiary alicyclic amines) is 1. The summed E-state index contributed by atoms with van der Waals surface area (Å²) in [5.74, 6) is -1.48. The van der Waals surface area contributed by atoms with E-state index in [0.29, 0.717) is 19.3 Å². The van der Waals surface area contributed by atoms with E-state index in [0.717, 1.165) is 18.7 Å². The second kappa shape index (κ2) is 7.14. The Morgan fingerprint density at radius 3 is 2.48 bits per heavy atom. The minimum Gasteiger partial charge on any atom is -0.480 e. The lowest BCUT2D eigenvalue weighted by atomic mass is 9.91. The summed E-state index contributed by atoms with van der Waals surface area (Å²) in [5, 5.41) is 9.64. The second-order valence-electron chi connectivity index (χ2n) is 6.99. The number of nitrogens with zero attached hydrogens (tertiary/aromatic N) is 2. The average molecular weight is 346 g/mol. The van der Waals surface area contributed by atoms with Gasteiger partial charge in [0.05, 0.1) is 12.5 Å². The zero-order valence-corrected chi connectivity index (χ0v) is 14.9. The summed E-state index contributed by atoms with van der Waals surface area (Å²) in [5.41, 5.74) is 0.142. The number of benzene rings is 1. The van der Waals surface area contributed by atoms with Crippen LogP contribution in [0.5, 0.6) is 0 Å². The Labute approximate surface area is 148 Å². The van der Waals surface area contributed by atoms with Crippen molar-refractivity contribution in [1.29, 1.82) is 0 Å². The molecule has 6 nitrogen and oxygen atoms in total. The summed E-state index contributed by atoms with van der Waals surface area (Å²) in [7, 11) is 2.03. The lowest BCUT2D eigenvalue weighted by Gasteiger charge is -2.44. The van der Waals surface area contributed by atoms with E-state index in [2.05, 4.69) is 4.90 Å². The van der Waals surface area contributed by atoms with Crippen molar-refractivity contribution < 1.29 is 19.4 Å². The maximum Gasteiger partial charge on any atom is 0.328 e. The number of hydrogen-bond acceptors (Lipinski definition) is 4. The second-order valence-corrected chi connectivity index (χ2v) is 6.99. The molecule has 0 unspecified atom stereocenters. The third-order valence-corrected chi connectivity index (χ3v) is 5.46. The van der Waals surface area contributed by atoms with Gasteiger partial charge in [0, 0.05) is 25.9 Å². The van der Waals surface area contributed by atoms with Crippen LogP contribution in [0.1, 0.15) is 37.7 Å². The highest BCUT2D eigenvalue weighted by Gasteiger charge is 2.54. The minimum absolute atomic E-state index is 0.0655. The molecule has 1 aromatic rings. The summed E-state index contributed by atoms with van der Waals surface area (Å²) in [6, 6.07) is 8.68. The molecule has 6 heteroatoms. The number of rotatable bonds is 4. The van der Waals surface area contributed by atoms with Gasteiger partial charge in [-0.2, -0.15) is 0 Å². The quantitative estimate of drug-likeness (QED) is 0.902. The number of ether oxygens (including phenoxy) is 1. The molecule has 2 atom stereocenters. The number of piperidine rings is 1. The molecule has 2 heterocycles. The first kappa shape index (κ1) is 17.9. The molecule has 3 rings (SSSR count). The van der Waals surface area contributed by atoms with E-state index < -0.39 is 17.7 Å². The zero-order valence-electron chi connectivity index (χ0n) is 14.9. The predicted molar refractivity (Wildman–Crippen MR) is 93.2 cm³/mol. The van der Waals surface area contributed by atoms with E-state index in [1.807, 2.05) is 44.3 Å². The van der Waals surface area contributed by atoms with Gasteiger partial charge in [-0.05, 0) is 19.0 Å². The normalized spacial score (nSPS) is 24.4. The molecule has 2 saturated heterocycles. The molecule has 1 N–H and O–H groups in total. The van der Waals surface area contributed by atoms with Crippen LogP contribution >= 0.6 is 0 Å². The predicted octanol–water partition coefficient (Wildman–Crippen LogP) is 1.91. The van der Waals surface area contributed by atoms with Crippen molar-refractivity contribution in [3.8, 4) is 0 Å². The van der Waals surface area contributed by atoms with E-state index in [-0.39, 0.29) is 18.4 Å². The van der Waals surface area contributed by atoms with Crippen LogP contribution in [0.2, 0.25) is 0 Å². The molecule has 0 bridgehead atoms. The molecule has 2 aliphatic rings. The average Bonchev–Trinajstić information content (AvgIpc) is 2.98. The number of hydrogen-bond donors (Lipinski definition) is 1. The number of amides is 1. The number of carboxylic acid groups (broad SMARTS) is 1. The van der Waals surface area contributed by atoms with Gasteiger partial charge in [0.15, 0.2) is 6.04 Å². The third-order valence-electron chi connectivity index (χ3n) is 5.46. The molecule has 0 aliphatic carbocycles. The molecule has 0 aromatic heterocycles. The highest BCUT2D eigenvalue weighted by atomic mass is 16.5. The van der Waals surface area contributed by atoms with Gasteiger partial charge in [0.1, 0.15) is 5.72 Å². The summed E-state index contributed by atoms with van der Waals surface area (Å²) in [6.45, 7) is 3.61. The van der Waals surface area contributed by atoms with Crippen molar-refractivity contribution >= 4 is 11.9 Å². The SMILES string of the molecule is CC[C@@H](C(=O)N1[C@H](C(=O)O)COC12CCN(C)CC2)c1ccccc1. The molecule has 136 valence electrons. The van der Waals surface area contributed by atoms with Crippen LogP contribution in [0, 0.1) is 0 Å². The largest absolute Gasteiger partial charge is 0.480 e. The molecule has 2 fully saturated rings. The van der Waals surface area contributed by atoms with E-state index >= 15 is 0 Å². The molecule has 1 aromatic carbocycles. The topological polar surface area (TPSA) is 70.1 Å². The Hall–Kier alpha value is -1.92. The molecule has 0 saturated carbocycles. The fraction of sp³-hybridized carbons (Fsp3) is 0.579. The first-order chi connectivity index (χ1) is 12.0. The Kier molecular flexibility index (Phi) is 5.11. The number of aliphatic carboxylic acids is 1. The van der Waals surface area contributed by atoms with E-state index in [4.69, 9.17) is 4.74 Å². The fourth-order valence-corrected chi connectivity index (χ4v) is 3.96.